The van der Waals surface area contributed by atoms with Gasteiger partial charge in [0.2, 0.25) is 0 Å². The van der Waals surface area contributed by atoms with Gasteiger partial charge in [-0.25, -0.2) is 0 Å². The van der Waals surface area contributed by atoms with E-state index in [0.29, 0.717) is 18.0 Å². The van der Waals surface area contributed by atoms with Crippen LogP contribution in [0.25, 0.3) is 10.1 Å². The first-order valence-corrected chi connectivity index (χ1v) is 8.56. The SMILES string of the molecule is OC(CNCc1cccc2ccsc12)Cc1cccc(Cl)c1. The lowest BCUT2D eigenvalue weighted by atomic mass is 10.1. The minimum Gasteiger partial charge on any atom is -0.391 e. The molecule has 0 radical (unpaired) electrons. The number of thiophene rings is 1. The Hall–Kier alpha value is -1.39. The van der Waals surface area contributed by atoms with Crippen molar-refractivity contribution in [1.82, 2.24) is 5.32 Å². The van der Waals surface area contributed by atoms with Gasteiger partial charge in [0.05, 0.1) is 6.10 Å². The fraction of sp³-hybridized carbons (Fsp3) is 0.222. The van der Waals surface area contributed by atoms with Gasteiger partial charge >= 0.3 is 0 Å². The summed E-state index contributed by atoms with van der Waals surface area (Å²) in [6.45, 7) is 1.33. The van der Waals surface area contributed by atoms with E-state index >= 15 is 0 Å². The van der Waals surface area contributed by atoms with Crippen LogP contribution in [0.1, 0.15) is 11.1 Å². The van der Waals surface area contributed by atoms with Gasteiger partial charge in [-0.1, -0.05) is 41.9 Å². The van der Waals surface area contributed by atoms with Crippen molar-refractivity contribution in [3.8, 4) is 0 Å². The van der Waals surface area contributed by atoms with Crippen LogP contribution in [0.5, 0.6) is 0 Å². The maximum Gasteiger partial charge on any atom is 0.0704 e. The maximum absolute atomic E-state index is 10.1. The number of hydrogen-bond donors (Lipinski definition) is 2. The van der Waals surface area contributed by atoms with Gasteiger partial charge < -0.3 is 10.4 Å². The Morgan fingerprint density at radius 1 is 1.14 bits per heavy atom. The number of rotatable bonds is 6. The number of aliphatic hydroxyl groups excluding tert-OH is 1. The Bertz CT molecular complexity index is 755. The summed E-state index contributed by atoms with van der Waals surface area (Å²) < 4.78 is 1.32. The fourth-order valence-electron chi connectivity index (χ4n) is 2.58. The number of hydrogen-bond acceptors (Lipinski definition) is 3. The fourth-order valence-corrected chi connectivity index (χ4v) is 3.70. The molecule has 3 aromatic rings. The van der Waals surface area contributed by atoms with Crippen LogP contribution in [0.3, 0.4) is 0 Å². The average Bonchev–Trinajstić information content (AvgIpc) is 2.96. The summed E-state index contributed by atoms with van der Waals surface area (Å²) in [5.74, 6) is 0. The van der Waals surface area contributed by atoms with Crippen molar-refractivity contribution in [2.45, 2.75) is 19.1 Å². The lowest BCUT2D eigenvalue weighted by Gasteiger charge is -2.12. The highest BCUT2D eigenvalue weighted by atomic mass is 35.5. The zero-order valence-corrected chi connectivity index (χ0v) is 13.7. The summed E-state index contributed by atoms with van der Waals surface area (Å²) in [4.78, 5) is 0. The molecule has 1 atom stereocenters. The molecule has 2 N–H and O–H groups in total. The molecule has 0 saturated carbocycles. The van der Waals surface area contributed by atoms with E-state index in [1.165, 1.54) is 15.6 Å². The average molecular weight is 332 g/mol. The molecule has 0 aliphatic carbocycles. The minimum atomic E-state index is -0.416. The molecule has 1 unspecified atom stereocenters. The van der Waals surface area contributed by atoms with Gasteiger partial charge in [-0.05, 0) is 46.5 Å². The third-order valence-corrected chi connectivity index (χ3v) is 4.86. The third-order valence-electron chi connectivity index (χ3n) is 3.62. The first-order chi connectivity index (χ1) is 10.7. The predicted octanol–water partition coefficient (Wildman–Crippen LogP) is 4.25. The monoisotopic (exact) mass is 331 g/mol. The van der Waals surface area contributed by atoms with E-state index in [-0.39, 0.29) is 0 Å². The summed E-state index contributed by atoms with van der Waals surface area (Å²) in [5.41, 5.74) is 2.34. The van der Waals surface area contributed by atoms with Crippen molar-refractivity contribution in [2.24, 2.45) is 0 Å². The Kier molecular flexibility index (Phi) is 5.11. The van der Waals surface area contributed by atoms with Crippen LogP contribution in [-0.2, 0) is 13.0 Å². The van der Waals surface area contributed by atoms with E-state index in [0.717, 1.165) is 12.1 Å². The van der Waals surface area contributed by atoms with E-state index in [9.17, 15) is 5.11 Å². The maximum atomic E-state index is 10.1. The van der Waals surface area contributed by atoms with Crippen molar-refractivity contribution in [3.63, 3.8) is 0 Å². The van der Waals surface area contributed by atoms with Gasteiger partial charge in [0.25, 0.3) is 0 Å². The van der Waals surface area contributed by atoms with Gasteiger partial charge in [0, 0.05) is 22.8 Å². The molecule has 0 spiro atoms. The van der Waals surface area contributed by atoms with E-state index < -0.39 is 6.10 Å². The minimum absolute atomic E-state index is 0.416. The molecular formula is C18H18ClNOS. The summed E-state index contributed by atoms with van der Waals surface area (Å²) in [5, 5.41) is 17.6. The highest BCUT2D eigenvalue weighted by molar-refractivity contribution is 7.17. The van der Waals surface area contributed by atoms with Gasteiger partial charge in [0.15, 0.2) is 0 Å². The topological polar surface area (TPSA) is 32.3 Å². The first-order valence-electron chi connectivity index (χ1n) is 7.31. The molecule has 1 heterocycles. The molecule has 0 saturated heterocycles. The largest absolute Gasteiger partial charge is 0.391 e. The molecule has 0 bridgehead atoms. The Balaban J connectivity index is 1.53. The summed E-state index contributed by atoms with van der Waals surface area (Å²) in [7, 11) is 0. The third kappa shape index (κ3) is 3.87. The smallest absolute Gasteiger partial charge is 0.0704 e. The molecule has 22 heavy (non-hydrogen) atoms. The number of nitrogens with one attached hydrogen (secondary N) is 1. The van der Waals surface area contributed by atoms with Crippen molar-refractivity contribution < 1.29 is 5.11 Å². The summed E-state index contributed by atoms with van der Waals surface area (Å²) in [6.07, 6.45) is 0.192. The predicted molar refractivity (Wildman–Crippen MR) is 94.7 cm³/mol. The van der Waals surface area contributed by atoms with Gasteiger partial charge in [-0.3, -0.25) is 0 Å². The van der Waals surface area contributed by atoms with Gasteiger partial charge in [-0.15, -0.1) is 11.3 Å². The second-order valence-corrected chi connectivity index (χ2v) is 6.73. The lowest BCUT2D eigenvalue weighted by Crippen LogP contribution is -2.28. The first kappa shape index (κ1) is 15.5. The molecule has 0 aliphatic rings. The zero-order valence-electron chi connectivity index (χ0n) is 12.1. The van der Waals surface area contributed by atoms with Gasteiger partial charge in [0.1, 0.15) is 0 Å². The van der Waals surface area contributed by atoms with Crippen LogP contribution in [0.15, 0.2) is 53.9 Å². The van der Waals surface area contributed by atoms with Crippen LogP contribution in [0.2, 0.25) is 5.02 Å². The Morgan fingerprint density at radius 2 is 2.00 bits per heavy atom. The van der Waals surface area contributed by atoms with E-state index in [2.05, 4.69) is 35.0 Å². The highest BCUT2D eigenvalue weighted by Crippen LogP contribution is 2.24. The van der Waals surface area contributed by atoms with Crippen LogP contribution in [-0.4, -0.2) is 17.8 Å². The standard InChI is InChI=1S/C18H18ClNOS/c19-16-6-1-3-13(9-16)10-17(21)12-20-11-15-5-2-4-14-7-8-22-18(14)15/h1-9,17,20-21H,10-12H2. The molecule has 4 heteroatoms. The molecular weight excluding hydrogens is 314 g/mol. The Morgan fingerprint density at radius 3 is 2.86 bits per heavy atom. The molecule has 2 nitrogen and oxygen atoms in total. The Labute approximate surface area is 139 Å². The van der Waals surface area contributed by atoms with Crippen LogP contribution >= 0.6 is 22.9 Å². The molecule has 114 valence electrons. The molecule has 2 aromatic carbocycles. The lowest BCUT2D eigenvalue weighted by molar-refractivity contribution is 0.171. The molecule has 1 aromatic heterocycles. The second-order valence-electron chi connectivity index (χ2n) is 5.37. The van der Waals surface area contributed by atoms with Crippen molar-refractivity contribution in [3.05, 3.63) is 70.1 Å². The van der Waals surface area contributed by atoms with E-state index in [1.54, 1.807) is 11.3 Å². The summed E-state index contributed by atoms with van der Waals surface area (Å²) in [6, 6.07) is 16.1. The van der Waals surface area contributed by atoms with Crippen LogP contribution in [0.4, 0.5) is 0 Å². The van der Waals surface area contributed by atoms with Crippen molar-refractivity contribution >= 4 is 33.0 Å². The van der Waals surface area contributed by atoms with Crippen molar-refractivity contribution in [2.75, 3.05) is 6.54 Å². The van der Waals surface area contributed by atoms with Crippen LogP contribution in [0, 0.1) is 0 Å². The molecule has 3 rings (SSSR count). The second kappa shape index (κ2) is 7.25. The normalized spacial score (nSPS) is 12.6. The zero-order chi connectivity index (χ0) is 15.4. The van der Waals surface area contributed by atoms with Gasteiger partial charge in [-0.2, -0.15) is 0 Å². The summed E-state index contributed by atoms with van der Waals surface area (Å²) >= 11 is 7.72. The number of halogens is 1. The van der Waals surface area contributed by atoms with Crippen molar-refractivity contribution in [1.29, 1.82) is 0 Å². The van der Waals surface area contributed by atoms with E-state index in [1.807, 2.05) is 24.3 Å². The molecule has 0 amide bonds. The number of aliphatic hydroxyl groups is 1. The highest BCUT2D eigenvalue weighted by Gasteiger charge is 2.07. The quantitative estimate of drug-likeness (QED) is 0.707. The number of fused-ring (bicyclic) bond motifs is 1. The number of benzene rings is 2. The molecule has 0 aliphatic heterocycles. The van der Waals surface area contributed by atoms with Crippen LogP contribution < -0.4 is 5.32 Å². The van der Waals surface area contributed by atoms with E-state index in [4.69, 9.17) is 11.6 Å². The molecule has 0 fully saturated rings.